The third-order valence-electron chi connectivity index (χ3n) is 4.69. The molecule has 0 saturated carbocycles. The van der Waals surface area contributed by atoms with E-state index in [-0.39, 0.29) is 5.82 Å². The van der Waals surface area contributed by atoms with Crippen molar-refractivity contribution in [3.63, 3.8) is 0 Å². The zero-order valence-electron chi connectivity index (χ0n) is 15.1. The van der Waals surface area contributed by atoms with E-state index in [1.165, 1.54) is 23.3 Å². The quantitative estimate of drug-likeness (QED) is 0.770. The fourth-order valence-electron chi connectivity index (χ4n) is 3.15. The Labute approximate surface area is 164 Å². The molecule has 1 saturated heterocycles. The molecular formula is C20H23ClFN3S. The van der Waals surface area contributed by atoms with Gasteiger partial charge in [0.2, 0.25) is 0 Å². The first-order valence-corrected chi connectivity index (χ1v) is 9.50. The van der Waals surface area contributed by atoms with Crippen molar-refractivity contribution < 1.29 is 4.39 Å². The van der Waals surface area contributed by atoms with E-state index in [1.54, 1.807) is 6.07 Å². The number of halogens is 2. The molecule has 0 amide bonds. The zero-order chi connectivity index (χ0) is 18.7. The van der Waals surface area contributed by atoms with Crippen molar-refractivity contribution in [2.45, 2.75) is 20.4 Å². The number of nitrogens with one attached hydrogen (secondary N) is 1. The largest absolute Gasteiger partial charge is 0.346 e. The van der Waals surface area contributed by atoms with Crippen LogP contribution in [0.1, 0.15) is 16.7 Å². The van der Waals surface area contributed by atoms with Crippen molar-refractivity contribution in [1.82, 2.24) is 9.80 Å². The highest BCUT2D eigenvalue weighted by molar-refractivity contribution is 7.80. The molecule has 0 bridgehead atoms. The van der Waals surface area contributed by atoms with Gasteiger partial charge >= 0.3 is 0 Å². The summed E-state index contributed by atoms with van der Waals surface area (Å²) < 4.78 is 13.2. The first-order chi connectivity index (χ1) is 12.4. The normalized spacial score (nSPS) is 15.2. The summed E-state index contributed by atoms with van der Waals surface area (Å²) in [4.78, 5) is 4.51. The Bertz CT molecular complexity index is 804. The van der Waals surface area contributed by atoms with Gasteiger partial charge in [-0.05, 0) is 55.4 Å². The highest BCUT2D eigenvalue weighted by atomic mass is 35.5. The lowest BCUT2D eigenvalue weighted by Gasteiger charge is -2.36. The highest BCUT2D eigenvalue weighted by Crippen LogP contribution is 2.20. The summed E-state index contributed by atoms with van der Waals surface area (Å²) in [5.41, 5.74) is 4.45. The monoisotopic (exact) mass is 391 g/mol. The van der Waals surface area contributed by atoms with Crippen LogP contribution in [0.4, 0.5) is 10.1 Å². The number of benzene rings is 2. The summed E-state index contributed by atoms with van der Waals surface area (Å²) in [7, 11) is 0. The van der Waals surface area contributed by atoms with Crippen LogP contribution >= 0.6 is 23.8 Å². The van der Waals surface area contributed by atoms with E-state index in [2.05, 4.69) is 47.2 Å². The van der Waals surface area contributed by atoms with Gasteiger partial charge in [-0.2, -0.15) is 0 Å². The second-order valence-electron chi connectivity index (χ2n) is 6.75. The molecule has 2 aromatic carbocycles. The minimum Gasteiger partial charge on any atom is -0.346 e. The molecule has 1 aliphatic heterocycles. The molecule has 0 aromatic heterocycles. The fraction of sp³-hybridized carbons (Fsp3) is 0.350. The van der Waals surface area contributed by atoms with Crippen LogP contribution in [-0.2, 0) is 6.54 Å². The molecule has 0 atom stereocenters. The van der Waals surface area contributed by atoms with Gasteiger partial charge in [0.05, 0.1) is 0 Å². The van der Waals surface area contributed by atoms with Gasteiger partial charge in [-0.25, -0.2) is 4.39 Å². The maximum absolute atomic E-state index is 13.2. The van der Waals surface area contributed by atoms with Gasteiger partial charge < -0.3 is 10.2 Å². The van der Waals surface area contributed by atoms with Gasteiger partial charge in [0, 0.05) is 43.4 Å². The summed E-state index contributed by atoms with van der Waals surface area (Å²) in [5, 5.41) is 4.61. The van der Waals surface area contributed by atoms with Gasteiger partial charge in [-0.15, -0.1) is 0 Å². The maximum atomic E-state index is 13.2. The molecule has 0 unspecified atom stereocenters. The number of aryl methyl sites for hydroxylation is 2. The molecule has 2 aromatic rings. The summed E-state index contributed by atoms with van der Waals surface area (Å²) in [6, 6.07) is 10.9. The minimum atomic E-state index is -0.300. The first-order valence-electron chi connectivity index (χ1n) is 8.72. The molecule has 1 fully saturated rings. The van der Waals surface area contributed by atoms with Crippen molar-refractivity contribution in [1.29, 1.82) is 0 Å². The molecule has 26 heavy (non-hydrogen) atoms. The summed E-state index contributed by atoms with van der Waals surface area (Å²) in [6.07, 6.45) is 0. The molecule has 1 N–H and O–H groups in total. The Morgan fingerprint density at radius 1 is 1.12 bits per heavy atom. The average molecular weight is 392 g/mol. The number of thiocarbonyl (C=S) groups is 1. The van der Waals surface area contributed by atoms with E-state index in [0.29, 0.717) is 5.02 Å². The van der Waals surface area contributed by atoms with Crippen LogP contribution in [0.15, 0.2) is 36.4 Å². The molecule has 0 radical (unpaired) electrons. The van der Waals surface area contributed by atoms with Gasteiger partial charge in [-0.1, -0.05) is 35.4 Å². The molecule has 138 valence electrons. The zero-order valence-corrected chi connectivity index (χ0v) is 16.6. The highest BCUT2D eigenvalue weighted by Gasteiger charge is 2.20. The first kappa shape index (κ1) is 19.1. The molecule has 6 heteroatoms. The lowest BCUT2D eigenvalue weighted by molar-refractivity contribution is 0.177. The van der Waals surface area contributed by atoms with E-state index in [9.17, 15) is 4.39 Å². The lowest BCUT2D eigenvalue weighted by Crippen LogP contribution is -2.49. The van der Waals surface area contributed by atoms with Crippen LogP contribution in [0, 0.1) is 19.7 Å². The molecule has 3 rings (SSSR count). The van der Waals surface area contributed by atoms with Crippen LogP contribution in [0.3, 0.4) is 0 Å². The van der Waals surface area contributed by atoms with E-state index < -0.39 is 0 Å². The van der Waals surface area contributed by atoms with Crippen LogP contribution < -0.4 is 5.32 Å². The Morgan fingerprint density at radius 3 is 2.50 bits per heavy atom. The summed E-state index contributed by atoms with van der Waals surface area (Å²) in [5.74, 6) is -0.300. The van der Waals surface area contributed by atoms with Crippen LogP contribution in [-0.4, -0.2) is 41.1 Å². The molecule has 1 heterocycles. The SMILES string of the molecule is Cc1ccc(NC(=S)N2CCN(Cc3ccc(F)cc3Cl)CC2)c(C)c1. The summed E-state index contributed by atoms with van der Waals surface area (Å²) >= 11 is 11.7. The van der Waals surface area contributed by atoms with Gasteiger partial charge in [-0.3, -0.25) is 4.90 Å². The van der Waals surface area contributed by atoms with Crippen molar-refractivity contribution >= 4 is 34.6 Å². The molecule has 0 spiro atoms. The van der Waals surface area contributed by atoms with E-state index in [4.69, 9.17) is 23.8 Å². The van der Waals surface area contributed by atoms with Crippen molar-refractivity contribution in [2.24, 2.45) is 0 Å². The number of hydrogen-bond acceptors (Lipinski definition) is 2. The number of rotatable bonds is 3. The van der Waals surface area contributed by atoms with Crippen molar-refractivity contribution in [2.75, 3.05) is 31.5 Å². The molecule has 1 aliphatic rings. The second kappa shape index (κ2) is 8.33. The Hall–Kier alpha value is -1.69. The van der Waals surface area contributed by atoms with E-state index in [0.717, 1.165) is 49.1 Å². The number of piperazine rings is 1. The predicted octanol–water partition coefficient (Wildman–Crippen LogP) is 4.61. The summed E-state index contributed by atoms with van der Waals surface area (Å²) in [6.45, 7) is 8.39. The maximum Gasteiger partial charge on any atom is 0.173 e. The number of anilines is 1. The van der Waals surface area contributed by atoms with E-state index >= 15 is 0 Å². The topological polar surface area (TPSA) is 18.5 Å². The van der Waals surface area contributed by atoms with Crippen molar-refractivity contribution in [3.8, 4) is 0 Å². The van der Waals surface area contributed by atoms with Crippen LogP contribution in [0.5, 0.6) is 0 Å². The number of hydrogen-bond donors (Lipinski definition) is 1. The lowest BCUT2D eigenvalue weighted by atomic mass is 10.1. The number of nitrogens with zero attached hydrogens (tertiary/aromatic N) is 2. The minimum absolute atomic E-state index is 0.300. The third kappa shape index (κ3) is 4.72. The molecular weight excluding hydrogens is 369 g/mol. The fourth-order valence-corrected chi connectivity index (χ4v) is 3.67. The standard InChI is InChI=1S/C20H23ClFN3S/c1-14-3-6-19(15(2)11-14)23-20(26)25-9-7-24(8-10-25)13-16-4-5-17(22)12-18(16)21/h3-6,11-12H,7-10,13H2,1-2H3,(H,23,26). The Morgan fingerprint density at radius 2 is 1.85 bits per heavy atom. The van der Waals surface area contributed by atoms with Gasteiger partial charge in [0.1, 0.15) is 5.82 Å². The Kier molecular flexibility index (Phi) is 6.12. The molecule has 0 aliphatic carbocycles. The van der Waals surface area contributed by atoms with Crippen LogP contribution in [0.25, 0.3) is 0 Å². The van der Waals surface area contributed by atoms with E-state index in [1.807, 2.05) is 0 Å². The smallest absolute Gasteiger partial charge is 0.173 e. The van der Waals surface area contributed by atoms with Gasteiger partial charge in [0.25, 0.3) is 0 Å². The predicted molar refractivity (Wildman–Crippen MR) is 110 cm³/mol. The van der Waals surface area contributed by atoms with Crippen LogP contribution in [0.2, 0.25) is 5.02 Å². The van der Waals surface area contributed by atoms with Gasteiger partial charge in [0.15, 0.2) is 5.11 Å². The third-order valence-corrected chi connectivity index (χ3v) is 5.40. The van der Waals surface area contributed by atoms with Crippen molar-refractivity contribution in [3.05, 3.63) is 63.9 Å². The average Bonchev–Trinajstić information content (AvgIpc) is 2.60. The second-order valence-corrected chi connectivity index (χ2v) is 7.54. The Balaban J connectivity index is 1.53. The molecule has 3 nitrogen and oxygen atoms in total.